The highest BCUT2D eigenvalue weighted by Crippen LogP contribution is 2.28. The smallest absolute Gasteiger partial charge is 0.251 e. The van der Waals surface area contributed by atoms with Gasteiger partial charge in [0.1, 0.15) is 5.69 Å². The van der Waals surface area contributed by atoms with Crippen molar-refractivity contribution in [1.82, 2.24) is 15.4 Å². The van der Waals surface area contributed by atoms with Crippen molar-refractivity contribution < 1.29 is 9.32 Å². The van der Waals surface area contributed by atoms with E-state index in [0.717, 1.165) is 37.3 Å². The standard InChI is InChI=1S/C24H25N5O2/c1-28-12-14-29(15-13-28)21-8-6-18(7-9-21)23-17-22(27-31-23)19-4-2-5-20(16-19)24(30)26-11-3-10-25/h2,4-9,16-17H,3,11-15H2,1H3,(H,26,30). The number of hydrogen-bond acceptors (Lipinski definition) is 6. The number of rotatable bonds is 6. The van der Waals surface area contributed by atoms with Gasteiger partial charge in [-0.05, 0) is 43.4 Å². The first-order valence-electron chi connectivity index (χ1n) is 10.4. The van der Waals surface area contributed by atoms with Gasteiger partial charge in [-0.2, -0.15) is 5.26 Å². The molecule has 2 aromatic carbocycles. The van der Waals surface area contributed by atoms with Gasteiger partial charge in [-0.15, -0.1) is 0 Å². The van der Waals surface area contributed by atoms with Crippen LogP contribution in [0.5, 0.6) is 0 Å². The monoisotopic (exact) mass is 415 g/mol. The lowest BCUT2D eigenvalue weighted by Gasteiger charge is -2.34. The lowest BCUT2D eigenvalue weighted by atomic mass is 10.1. The van der Waals surface area contributed by atoms with Crippen LogP contribution in [0, 0.1) is 11.3 Å². The average Bonchev–Trinajstić information content (AvgIpc) is 3.30. The number of carbonyl (C=O) groups is 1. The van der Waals surface area contributed by atoms with E-state index in [0.29, 0.717) is 23.6 Å². The van der Waals surface area contributed by atoms with Gasteiger partial charge in [0.15, 0.2) is 5.76 Å². The Kier molecular flexibility index (Phi) is 6.29. The molecule has 1 saturated heterocycles. The molecular formula is C24H25N5O2. The number of amides is 1. The minimum Gasteiger partial charge on any atom is -0.369 e. The molecular weight excluding hydrogens is 390 g/mol. The van der Waals surface area contributed by atoms with E-state index in [1.54, 1.807) is 12.1 Å². The largest absolute Gasteiger partial charge is 0.369 e. The summed E-state index contributed by atoms with van der Waals surface area (Å²) in [4.78, 5) is 17.0. The summed E-state index contributed by atoms with van der Waals surface area (Å²) >= 11 is 0. The highest BCUT2D eigenvalue weighted by atomic mass is 16.5. The summed E-state index contributed by atoms with van der Waals surface area (Å²) in [6.07, 6.45) is 0.283. The van der Waals surface area contributed by atoms with Crippen LogP contribution in [-0.2, 0) is 0 Å². The summed E-state index contributed by atoms with van der Waals surface area (Å²) in [6.45, 7) is 4.54. The molecule has 0 radical (unpaired) electrons. The van der Waals surface area contributed by atoms with E-state index in [1.807, 2.05) is 24.3 Å². The van der Waals surface area contributed by atoms with Gasteiger partial charge in [0.2, 0.25) is 0 Å². The molecule has 7 heteroatoms. The van der Waals surface area contributed by atoms with E-state index >= 15 is 0 Å². The second-order valence-corrected chi connectivity index (χ2v) is 7.66. The number of likely N-dealkylation sites (N-methyl/N-ethyl adjacent to an activating group) is 1. The number of nitrogens with zero attached hydrogens (tertiary/aromatic N) is 4. The maximum Gasteiger partial charge on any atom is 0.251 e. The highest BCUT2D eigenvalue weighted by Gasteiger charge is 2.15. The van der Waals surface area contributed by atoms with Crippen molar-refractivity contribution in [2.45, 2.75) is 6.42 Å². The first-order chi connectivity index (χ1) is 15.1. The molecule has 0 spiro atoms. The van der Waals surface area contributed by atoms with Gasteiger partial charge in [0, 0.05) is 61.2 Å². The number of benzene rings is 2. The molecule has 31 heavy (non-hydrogen) atoms. The molecule has 1 aromatic heterocycles. The van der Waals surface area contributed by atoms with Crippen LogP contribution in [0.2, 0.25) is 0 Å². The SMILES string of the molecule is CN1CCN(c2ccc(-c3cc(-c4cccc(C(=O)NCCC#N)c4)no3)cc2)CC1. The molecule has 1 fully saturated rings. The fourth-order valence-corrected chi connectivity index (χ4v) is 3.60. The summed E-state index contributed by atoms with van der Waals surface area (Å²) in [6, 6.07) is 19.5. The Labute approximate surface area is 181 Å². The van der Waals surface area contributed by atoms with Crippen molar-refractivity contribution >= 4 is 11.6 Å². The molecule has 0 bridgehead atoms. The summed E-state index contributed by atoms with van der Waals surface area (Å²) < 4.78 is 5.58. The van der Waals surface area contributed by atoms with Crippen molar-refractivity contribution in [3.63, 3.8) is 0 Å². The quantitative estimate of drug-likeness (QED) is 0.621. The van der Waals surface area contributed by atoms with E-state index in [-0.39, 0.29) is 12.3 Å². The van der Waals surface area contributed by atoms with Crippen LogP contribution in [0.15, 0.2) is 59.1 Å². The summed E-state index contributed by atoms with van der Waals surface area (Å²) in [5.74, 6) is 0.476. The normalized spacial score (nSPS) is 14.3. The Morgan fingerprint density at radius 2 is 1.87 bits per heavy atom. The lowest BCUT2D eigenvalue weighted by molar-refractivity contribution is 0.0954. The molecule has 0 saturated carbocycles. The summed E-state index contributed by atoms with van der Waals surface area (Å²) in [7, 11) is 2.15. The third-order valence-electron chi connectivity index (χ3n) is 5.47. The number of piperazine rings is 1. The predicted octanol–water partition coefficient (Wildman–Crippen LogP) is 3.40. The van der Waals surface area contributed by atoms with Gasteiger partial charge in [-0.1, -0.05) is 17.3 Å². The molecule has 158 valence electrons. The number of anilines is 1. The molecule has 0 unspecified atom stereocenters. The molecule has 3 aromatic rings. The number of nitriles is 1. The fourth-order valence-electron chi connectivity index (χ4n) is 3.60. The van der Waals surface area contributed by atoms with E-state index in [9.17, 15) is 4.79 Å². The Morgan fingerprint density at radius 1 is 1.10 bits per heavy atom. The second-order valence-electron chi connectivity index (χ2n) is 7.66. The Balaban J connectivity index is 1.46. The van der Waals surface area contributed by atoms with Gasteiger partial charge >= 0.3 is 0 Å². The van der Waals surface area contributed by atoms with Crippen LogP contribution in [0.4, 0.5) is 5.69 Å². The van der Waals surface area contributed by atoms with E-state index in [4.69, 9.17) is 9.78 Å². The number of nitrogens with one attached hydrogen (secondary N) is 1. The van der Waals surface area contributed by atoms with Gasteiger partial charge in [0.25, 0.3) is 5.91 Å². The zero-order chi connectivity index (χ0) is 21.6. The minimum absolute atomic E-state index is 0.208. The number of carbonyl (C=O) groups excluding carboxylic acids is 1. The molecule has 0 aliphatic carbocycles. The molecule has 4 rings (SSSR count). The van der Waals surface area contributed by atoms with Gasteiger partial charge < -0.3 is 19.6 Å². The summed E-state index contributed by atoms with van der Waals surface area (Å²) in [5, 5.41) is 15.5. The first kappa shape index (κ1) is 20.6. The van der Waals surface area contributed by atoms with Crippen LogP contribution in [-0.4, -0.2) is 55.7 Å². The molecule has 1 aliphatic rings. The van der Waals surface area contributed by atoms with Crippen LogP contribution in [0.3, 0.4) is 0 Å². The van der Waals surface area contributed by atoms with E-state index in [2.05, 4.69) is 51.6 Å². The van der Waals surface area contributed by atoms with Gasteiger partial charge in [-0.25, -0.2) is 0 Å². The van der Waals surface area contributed by atoms with Crippen LogP contribution >= 0.6 is 0 Å². The molecule has 1 aliphatic heterocycles. The van der Waals surface area contributed by atoms with Gasteiger partial charge in [-0.3, -0.25) is 4.79 Å². The maximum atomic E-state index is 12.2. The number of hydrogen-bond donors (Lipinski definition) is 1. The van der Waals surface area contributed by atoms with Crippen molar-refractivity contribution in [2.75, 3.05) is 44.7 Å². The summed E-state index contributed by atoms with van der Waals surface area (Å²) in [5.41, 5.74) is 4.17. The maximum absolute atomic E-state index is 12.2. The topological polar surface area (TPSA) is 85.4 Å². The van der Waals surface area contributed by atoms with Crippen molar-refractivity contribution in [3.05, 3.63) is 60.2 Å². The average molecular weight is 415 g/mol. The lowest BCUT2D eigenvalue weighted by Crippen LogP contribution is -2.44. The zero-order valence-corrected chi connectivity index (χ0v) is 17.5. The first-order valence-corrected chi connectivity index (χ1v) is 10.4. The highest BCUT2D eigenvalue weighted by molar-refractivity contribution is 5.95. The third-order valence-corrected chi connectivity index (χ3v) is 5.47. The van der Waals surface area contributed by atoms with E-state index in [1.165, 1.54) is 5.69 Å². The van der Waals surface area contributed by atoms with E-state index < -0.39 is 0 Å². The molecule has 2 heterocycles. The zero-order valence-electron chi connectivity index (χ0n) is 17.5. The van der Waals surface area contributed by atoms with Crippen LogP contribution in [0.1, 0.15) is 16.8 Å². The number of aromatic nitrogens is 1. The molecule has 0 atom stereocenters. The Hall–Kier alpha value is -3.63. The van der Waals surface area contributed by atoms with Crippen molar-refractivity contribution in [2.24, 2.45) is 0 Å². The van der Waals surface area contributed by atoms with Gasteiger partial charge in [0.05, 0.1) is 12.5 Å². The molecule has 1 amide bonds. The Morgan fingerprint density at radius 3 is 2.61 bits per heavy atom. The fraction of sp³-hybridized carbons (Fsp3) is 0.292. The predicted molar refractivity (Wildman–Crippen MR) is 120 cm³/mol. The Bertz CT molecular complexity index is 1080. The molecule has 1 N–H and O–H groups in total. The third kappa shape index (κ3) is 4.93. The van der Waals surface area contributed by atoms with Crippen molar-refractivity contribution in [3.8, 4) is 28.7 Å². The second kappa shape index (κ2) is 9.45. The van der Waals surface area contributed by atoms with Crippen LogP contribution < -0.4 is 10.2 Å². The van der Waals surface area contributed by atoms with Crippen molar-refractivity contribution in [1.29, 1.82) is 5.26 Å². The van der Waals surface area contributed by atoms with Crippen LogP contribution in [0.25, 0.3) is 22.6 Å². The molecule has 7 nitrogen and oxygen atoms in total. The minimum atomic E-state index is -0.208.